The van der Waals surface area contributed by atoms with Crippen LogP contribution in [0.15, 0.2) is 173 Å². The summed E-state index contributed by atoms with van der Waals surface area (Å²) in [5.74, 6) is 0.269. The Morgan fingerprint density at radius 2 is 0.770 bits per heavy atom. The predicted octanol–water partition coefficient (Wildman–Crippen LogP) is 17.1. The van der Waals surface area contributed by atoms with E-state index in [0.717, 1.165) is 94.2 Å². The fraction of sp³-hybridized carbons (Fsp3) is 0.123. The van der Waals surface area contributed by atoms with Crippen molar-refractivity contribution in [3.8, 4) is 0 Å². The van der Waals surface area contributed by atoms with Crippen molar-refractivity contribution in [2.45, 2.75) is 47.5 Å². The first kappa shape index (κ1) is 36.8. The van der Waals surface area contributed by atoms with Crippen molar-refractivity contribution >= 4 is 99.5 Å². The summed E-state index contributed by atoms with van der Waals surface area (Å²) in [7, 11) is 0. The second-order valence-corrected chi connectivity index (χ2v) is 17.2. The van der Waals surface area contributed by atoms with Gasteiger partial charge >= 0.3 is 0 Å². The van der Waals surface area contributed by atoms with Gasteiger partial charge in [-0.3, -0.25) is 0 Å². The van der Waals surface area contributed by atoms with E-state index in [2.05, 4.69) is 215 Å². The molecule has 296 valence electrons. The van der Waals surface area contributed by atoms with Gasteiger partial charge in [-0.05, 0) is 186 Å². The summed E-state index contributed by atoms with van der Waals surface area (Å²) < 4.78 is 13.8. The molecule has 0 amide bonds. The molecule has 2 aromatic heterocycles. The highest BCUT2D eigenvalue weighted by Gasteiger charge is 2.23. The minimum absolute atomic E-state index is 0.269. The van der Waals surface area contributed by atoms with Gasteiger partial charge in [0.05, 0.1) is 0 Å². The summed E-state index contributed by atoms with van der Waals surface area (Å²) >= 11 is 0. The zero-order valence-electron chi connectivity index (χ0n) is 35.4. The molecule has 4 heteroatoms. The van der Waals surface area contributed by atoms with Crippen LogP contribution in [0, 0.1) is 27.7 Å². The highest BCUT2D eigenvalue weighted by molar-refractivity contribution is 6.22. The molecule has 61 heavy (non-hydrogen) atoms. The zero-order chi connectivity index (χ0) is 41.5. The van der Waals surface area contributed by atoms with E-state index in [9.17, 15) is 0 Å². The first-order chi connectivity index (χ1) is 29.6. The Hall–Kier alpha value is -7.30. The topological polar surface area (TPSA) is 32.8 Å². The third-order valence-electron chi connectivity index (χ3n) is 12.3. The van der Waals surface area contributed by atoms with E-state index in [-0.39, 0.29) is 5.92 Å². The van der Waals surface area contributed by atoms with Gasteiger partial charge in [0.25, 0.3) is 0 Å². The summed E-state index contributed by atoms with van der Waals surface area (Å²) in [6.07, 6.45) is 0. The summed E-state index contributed by atoms with van der Waals surface area (Å²) in [6, 6.07) is 59.7. The Labute approximate surface area is 355 Å². The van der Waals surface area contributed by atoms with Crippen molar-refractivity contribution in [3.63, 3.8) is 0 Å². The highest BCUT2D eigenvalue weighted by atomic mass is 16.4. The van der Waals surface area contributed by atoms with Gasteiger partial charge in [-0.1, -0.05) is 74.5 Å². The van der Waals surface area contributed by atoms with Crippen LogP contribution in [0.4, 0.5) is 34.1 Å². The number of anilines is 6. The molecule has 0 N–H and O–H groups in total. The molecule has 0 aliphatic rings. The smallest absolute Gasteiger partial charge is 0.178 e. The molecule has 0 unspecified atom stereocenters. The lowest BCUT2D eigenvalue weighted by molar-refractivity contribution is 0.633. The second-order valence-electron chi connectivity index (χ2n) is 17.2. The van der Waals surface area contributed by atoms with Crippen LogP contribution >= 0.6 is 0 Å². The van der Waals surface area contributed by atoms with Crippen molar-refractivity contribution in [1.29, 1.82) is 0 Å². The second kappa shape index (κ2) is 14.2. The molecule has 4 nitrogen and oxygen atoms in total. The van der Waals surface area contributed by atoms with E-state index >= 15 is 0 Å². The molecule has 0 saturated heterocycles. The molecule has 0 saturated carbocycles. The van der Waals surface area contributed by atoms with E-state index in [0.29, 0.717) is 0 Å². The summed E-state index contributed by atoms with van der Waals surface area (Å²) in [6.45, 7) is 13.1. The van der Waals surface area contributed by atoms with Gasteiger partial charge in [0, 0.05) is 55.7 Å². The average Bonchev–Trinajstić information content (AvgIpc) is 3.79. The average molecular weight is 791 g/mol. The van der Waals surface area contributed by atoms with Crippen LogP contribution in [0.3, 0.4) is 0 Å². The molecule has 0 bridgehead atoms. The standard InChI is InChI=1S/C57H46N2O2/c1-34(2)49-33-51-50-29-39-19-21-47(58(43-15-7-11-35(3)23-43)44-16-8-12-36(4)24-44)27-41(39)31-53(50)60-56(51)57-55(49)52-30-40-20-22-48(28-42(40)32-54(52)61-57)59(45-17-9-13-37(5)25-45)46-18-10-14-38(6)26-46/h7-34H,1-6H3. The molecular formula is C57H46N2O2. The molecule has 0 aliphatic heterocycles. The number of rotatable bonds is 7. The minimum atomic E-state index is 0.269. The Bertz CT molecular complexity index is 3440. The maximum Gasteiger partial charge on any atom is 0.178 e. The molecule has 2 heterocycles. The summed E-state index contributed by atoms with van der Waals surface area (Å²) in [4.78, 5) is 4.68. The quantitative estimate of drug-likeness (QED) is 0.161. The molecule has 0 fully saturated rings. The Morgan fingerprint density at radius 1 is 0.361 bits per heavy atom. The molecule has 11 aromatic rings. The molecule has 9 aromatic carbocycles. The highest BCUT2D eigenvalue weighted by Crippen LogP contribution is 2.46. The van der Waals surface area contributed by atoms with Crippen LogP contribution in [0.25, 0.3) is 65.4 Å². The molecular weight excluding hydrogens is 745 g/mol. The fourth-order valence-electron chi connectivity index (χ4n) is 9.36. The number of benzene rings is 9. The van der Waals surface area contributed by atoms with Gasteiger partial charge in [-0.2, -0.15) is 0 Å². The van der Waals surface area contributed by atoms with Crippen LogP contribution in [-0.4, -0.2) is 0 Å². The van der Waals surface area contributed by atoms with Gasteiger partial charge in [-0.25, -0.2) is 0 Å². The normalized spacial score (nSPS) is 11.9. The van der Waals surface area contributed by atoms with Crippen LogP contribution < -0.4 is 9.80 Å². The van der Waals surface area contributed by atoms with Crippen molar-refractivity contribution in [2.24, 2.45) is 0 Å². The van der Waals surface area contributed by atoms with E-state index in [1.807, 2.05) is 0 Å². The first-order valence-corrected chi connectivity index (χ1v) is 21.2. The third-order valence-corrected chi connectivity index (χ3v) is 12.3. The van der Waals surface area contributed by atoms with Gasteiger partial charge in [0.1, 0.15) is 11.2 Å². The molecule has 0 radical (unpaired) electrons. The largest absolute Gasteiger partial charge is 0.452 e. The monoisotopic (exact) mass is 790 g/mol. The van der Waals surface area contributed by atoms with Gasteiger partial charge < -0.3 is 18.6 Å². The Kier molecular flexibility index (Phi) is 8.54. The third kappa shape index (κ3) is 6.29. The number of aryl methyl sites for hydroxylation is 4. The van der Waals surface area contributed by atoms with Crippen molar-refractivity contribution in [2.75, 3.05) is 9.80 Å². The lowest BCUT2D eigenvalue weighted by atomic mass is 9.94. The van der Waals surface area contributed by atoms with Crippen molar-refractivity contribution < 1.29 is 8.83 Å². The van der Waals surface area contributed by atoms with Crippen molar-refractivity contribution in [1.82, 2.24) is 0 Å². The lowest BCUT2D eigenvalue weighted by Gasteiger charge is -2.26. The number of hydrogen-bond donors (Lipinski definition) is 0. The van der Waals surface area contributed by atoms with Crippen LogP contribution in [0.5, 0.6) is 0 Å². The molecule has 11 rings (SSSR count). The maximum absolute atomic E-state index is 6.95. The Balaban J connectivity index is 1.07. The van der Waals surface area contributed by atoms with Crippen LogP contribution in [0.1, 0.15) is 47.6 Å². The van der Waals surface area contributed by atoms with E-state index in [1.54, 1.807) is 0 Å². The van der Waals surface area contributed by atoms with E-state index in [1.165, 1.54) is 33.2 Å². The van der Waals surface area contributed by atoms with Gasteiger partial charge in [-0.15, -0.1) is 0 Å². The number of fused-ring (bicyclic) bond motifs is 9. The lowest BCUT2D eigenvalue weighted by Crippen LogP contribution is -2.10. The molecule has 0 spiro atoms. The van der Waals surface area contributed by atoms with Crippen molar-refractivity contribution in [3.05, 3.63) is 192 Å². The predicted molar refractivity (Wildman–Crippen MR) is 258 cm³/mol. The fourth-order valence-corrected chi connectivity index (χ4v) is 9.36. The maximum atomic E-state index is 6.95. The van der Waals surface area contributed by atoms with E-state index in [4.69, 9.17) is 8.83 Å². The SMILES string of the molecule is Cc1cccc(N(c2cccc(C)c2)c2ccc3cc4c(cc3c2)oc2c4cc(C(C)C)c3c4cc5ccc(N(c6cccc(C)c6)c6cccc(C)c6)cc5cc4oc23)c1. The molecule has 0 atom stereocenters. The minimum Gasteiger partial charge on any atom is -0.452 e. The van der Waals surface area contributed by atoms with Gasteiger partial charge in [0.2, 0.25) is 0 Å². The van der Waals surface area contributed by atoms with Crippen LogP contribution in [-0.2, 0) is 0 Å². The van der Waals surface area contributed by atoms with Gasteiger partial charge in [0.15, 0.2) is 11.2 Å². The Morgan fingerprint density at radius 3 is 1.21 bits per heavy atom. The number of furan rings is 2. The number of nitrogens with zero attached hydrogens (tertiary/aromatic N) is 2. The molecule has 0 aliphatic carbocycles. The van der Waals surface area contributed by atoms with Crippen LogP contribution in [0.2, 0.25) is 0 Å². The zero-order valence-corrected chi connectivity index (χ0v) is 35.4. The summed E-state index contributed by atoms with van der Waals surface area (Å²) in [5, 5.41) is 8.97. The summed E-state index contributed by atoms with van der Waals surface area (Å²) in [5.41, 5.74) is 16.1. The number of hydrogen-bond acceptors (Lipinski definition) is 4. The first-order valence-electron chi connectivity index (χ1n) is 21.2. The van der Waals surface area contributed by atoms with E-state index < -0.39 is 0 Å².